The van der Waals surface area contributed by atoms with Gasteiger partial charge in [0.05, 0.1) is 5.75 Å². The van der Waals surface area contributed by atoms with Crippen LogP contribution < -0.4 is 15.5 Å². The number of benzene rings is 4. The summed E-state index contributed by atoms with van der Waals surface area (Å²) in [4.78, 5) is 42.1. The number of rotatable bonds is 8. The standard InChI is InChI=1S/C33H28BrN3O3S/c34-26-14-6-9-23(19-26)20-29(36-32(39)25-11-2-1-3-12-25)33(40)35-27-15-7-16-28(21-27)41-22-31(38)37-18-8-13-24-10-4-5-17-30(24)37/h1-7,9-12,14-17,19-21H,8,13,18,22H2,(H,35,40)(H,36,39)/b29-20-. The summed E-state index contributed by atoms with van der Waals surface area (Å²) in [7, 11) is 0. The van der Waals surface area contributed by atoms with Gasteiger partial charge in [0.2, 0.25) is 5.91 Å². The molecule has 4 aromatic carbocycles. The summed E-state index contributed by atoms with van der Waals surface area (Å²) in [6.45, 7) is 0.717. The predicted octanol–water partition coefficient (Wildman–Crippen LogP) is 6.93. The minimum Gasteiger partial charge on any atom is -0.321 e. The van der Waals surface area contributed by atoms with Gasteiger partial charge < -0.3 is 15.5 Å². The van der Waals surface area contributed by atoms with Crippen LogP contribution in [0.25, 0.3) is 6.08 Å². The van der Waals surface area contributed by atoms with Crippen LogP contribution in [0.5, 0.6) is 0 Å². The maximum absolute atomic E-state index is 13.4. The van der Waals surface area contributed by atoms with Crippen LogP contribution in [0.1, 0.15) is 27.9 Å². The maximum atomic E-state index is 13.4. The Kier molecular flexibility index (Phi) is 9.33. The van der Waals surface area contributed by atoms with E-state index in [2.05, 4.69) is 32.6 Å². The lowest BCUT2D eigenvalue weighted by molar-refractivity contribution is -0.116. The third-order valence-electron chi connectivity index (χ3n) is 6.55. The van der Waals surface area contributed by atoms with E-state index in [1.165, 1.54) is 17.3 Å². The molecule has 0 aromatic heterocycles. The number of hydrogen-bond donors (Lipinski definition) is 2. The van der Waals surface area contributed by atoms with Gasteiger partial charge in [0.25, 0.3) is 11.8 Å². The van der Waals surface area contributed by atoms with Gasteiger partial charge in [0.15, 0.2) is 0 Å². The molecule has 41 heavy (non-hydrogen) atoms. The summed E-state index contributed by atoms with van der Waals surface area (Å²) in [6.07, 6.45) is 3.57. The molecule has 0 bridgehead atoms. The van der Waals surface area contributed by atoms with Crippen molar-refractivity contribution in [1.82, 2.24) is 5.32 Å². The number of carbonyl (C=O) groups is 3. The zero-order valence-electron chi connectivity index (χ0n) is 22.2. The molecule has 5 rings (SSSR count). The second-order valence-corrected chi connectivity index (χ2v) is 11.4. The van der Waals surface area contributed by atoms with E-state index in [4.69, 9.17) is 0 Å². The van der Waals surface area contributed by atoms with E-state index in [1.54, 1.807) is 36.4 Å². The van der Waals surface area contributed by atoms with Crippen molar-refractivity contribution in [3.63, 3.8) is 0 Å². The number of hydrogen-bond acceptors (Lipinski definition) is 4. The molecule has 2 N–H and O–H groups in total. The van der Waals surface area contributed by atoms with Gasteiger partial charge in [-0.05, 0) is 78.6 Å². The third kappa shape index (κ3) is 7.54. The zero-order valence-corrected chi connectivity index (χ0v) is 24.6. The predicted molar refractivity (Wildman–Crippen MR) is 169 cm³/mol. The molecule has 1 aliphatic rings. The van der Waals surface area contributed by atoms with Crippen molar-refractivity contribution in [1.29, 1.82) is 0 Å². The molecule has 6 nitrogen and oxygen atoms in total. The fourth-order valence-electron chi connectivity index (χ4n) is 4.58. The number of nitrogens with one attached hydrogen (secondary N) is 2. The average Bonchev–Trinajstić information content (AvgIpc) is 3.00. The van der Waals surface area contributed by atoms with Crippen molar-refractivity contribution < 1.29 is 14.4 Å². The first-order valence-corrected chi connectivity index (χ1v) is 15.0. The van der Waals surface area contributed by atoms with Crippen LogP contribution in [-0.4, -0.2) is 30.0 Å². The van der Waals surface area contributed by atoms with Gasteiger partial charge >= 0.3 is 0 Å². The highest BCUT2D eigenvalue weighted by Crippen LogP contribution is 2.29. The average molecular weight is 627 g/mol. The van der Waals surface area contributed by atoms with Gasteiger partial charge in [0, 0.05) is 32.9 Å². The van der Waals surface area contributed by atoms with Gasteiger partial charge in [-0.3, -0.25) is 14.4 Å². The highest BCUT2D eigenvalue weighted by atomic mass is 79.9. The Labute approximate surface area is 252 Å². The molecule has 0 atom stereocenters. The molecule has 0 fully saturated rings. The van der Waals surface area contributed by atoms with Crippen molar-refractivity contribution >= 4 is 62.9 Å². The summed E-state index contributed by atoms with van der Waals surface area (Å²) in [6, 6.07) is 31.6. The summed E-state index contributed by atoms with van der Waals surface area (Å²) in [5.41, 5.74) is 4.05. The number of aryl methyl sites for hydroxylation is 1. The molecule has 0 saturated heterocycles. The van der Waals surface area contributed by atoms with Crippen molar-refractivity contribution in [3.8, 4) is 0 Å². The second kappa shape index (κ2) is 13.5. The normalized spacial score (nSPS) is 12.8. The lowest BCUT2D eigenvalue weighted by Gasteiger charge is -2.29. The molecular weight excluding hydrogens is 598 g/mol. The van der Waals surface area contributed by atoms with E-state index in [0.717, 1.165) is 33.5 Å². The van der Waals surface area contributed by atoms with Gasteiger partial charge in [0.1, 0.15) is 5.70 Å². The van der Waals surface area contributed by atoms with Crippen LogP contribution in [0.3, 0.4) is 0 Å². The number of anilines is 2. The van der Waals surface area contributed by atoms with Crippen LogP contribution >= 0.6 is 27.7 Å². The molecule has 8 heteroatoms. The molecule has 0 unspecified atom stereocenters. The number of amides is 3. The first-order valence-electron chi connectivity index (χ1n) is 13.2. The number of para-hydroxylation sites is 1. The highest BCUT2D eigenvalue weighted by molar-refractivity contribution is 9.10. The molecule has 0 radical (unpaired) electrons. The SMILES string of the molecule is O=C(Nc1cccc(SCC(=O)N2CCCc3ccccc32)c1)/C(=C/c1cccc(Br)c1)NC(=O)c1ccccc1. The van der Waals surface area contributed by atoms with E-state index in [-0.39, 0.29) is 23.3 Å². The van der Waals surface area contributed by atoms with E-state index in [0.29, 0.717) is 17.8 Å². The number of carbonyl (C=O) groups excluding carboxylic acids is 3. The molecule has 0 saturated carbocycles. The quantitative estimate of drug-likeness (QED) is 0.164. The fourth-order valence-corrected chi connectivity index (χ4v) is 5.83. The van der Waals surface area contributed by atoms with E-state index >= 15 is 0 Å². The lowest BCUT2D eigenvalue weighted by Crippen LogP contribution is -2.36. The van der Waals surface area contributed by atoms with Crippen LogP contribution in [0.2, 0.25) is 0 Å². The van der Waals surface area contributed by atoms with Gasteiger partial charge in [-0.2, -0.15) is 0 Å². The summed E-state index contributed by atoms with van der Waals surface area (Å²) >= 11 is 4.88. The molecule has 3 amide bonds. The maximum Gasteiger partial charge on any atom is 0.272 e. The van der Waals surface area contributed by atoms with E-state index < -0.39 is 5.91 Å². The highest BCUT2D eigenvalue weighted by Gasteiger charge is 2.22. The van der Waals surface area contributed by atoms with Gasteiger partial charge in [-0.15, -0.1) is 11.8 Å². The zero-order chi connectivity index (χ0) is 28.6. The number of nitrogens with zero attached hydrogens (tertiary/aromatic N) is 1. The van der Waals surface area contributed by atoms with Crippen LogP contribution in [-0.2, 0) is 16.0 Å². The lowest BCUT2D eigenvalue weighted by atomic mass is 10.0. The number of halogens is 1. The van der Waals surface area contributed by atoms with Crippen LogP contribution in [0, 0.1) is 0 Å². The summed E-state index contributed by atoms with van der Waals surface area (Å²) < 4.78 is 0.854. The molecule has 206 valence electrons. The Morgan fingerprint density at radius 1 is 0.878 bits per heavy atom. The minimum absolute atomic E-state index is 0.0551. The van der Waals surface area contributed by atoms with E-state index in [9.17, 15) is 14.4 Å². The Morgan fingerprint density at radius 2 is 1.66 bits per heavy atom. The molecular formula is C33H28BrN3O3S. The smallest absolute Gasteiger partial charge is 0.272 e. The number of fused-ring (bicyclic) bond motifs is 1. The fraction of sp³-hybridized carbons (Fsp3) is 0.121. The van der Waals surface area contributed by atoms with Crippen molar-refractivity contribution in [3.05, 3.63) is 130 Å². The third-order valence-corrected chi connectivity index (χ3v) is 8.03. The Hall–Kier alpha value is -4.14. The summed E-state index contributed by atoms with van der Waals surface area (Å²) in [5, 5.41) is 5.66. The molecule has 1 heterocycles. The minimum atomic E-state index is -0.461. The summed E-state index contributed by atoms with van der Waals surface area (Å²) in [5.74, 6) is -0.506. The Morgan fingerprint density at radius 3 is 2.49 bits per heavy atom. The van der Waals surface area contributed by atoms with Gasteiger partial charge in [-0.1, -0.05) is 70.5 Å². The van der Waals surface area contributed by atoms with E-state index in [1.807, 2.05) is 71.6 Å². The van der Waals surface area contributed by atoms with Crippen LogP contribution in [0.4, 0.5) is 11.4 Å². The molecule has 0 aliphatic carbocycles. The molecule has 1 aliphatic heterocycles. The van der Waals surface area contributed by atoms with Crippen molar-refractivity contribution in [2.24, 2.45) is 0 Å². The van der Waals surface area contributed by atoms with Crippen molar-refractivity contribution in [2.45, 2.75) is 17.7 Å². The first kappa shape index (κ1) is 28.4. The second-order valence-electron chi connectivity index (χ2n) is 9.48. The monoisotopic (exact) mass is 625 g/mol. The molecule has 4 aromatic rings. The van der Waals surface area contributed by atoms with Gasteiger partial charge in [-0.25, -0.2) is 0 Å². The largest absolute Gasteiger partial charge is 0.321 e. The topological polar surface area (TPSA) is 78.5 Å². The van der Waals surface area contributed by atoms with Crippen molar-refractivity contribution in [2.75, 3.05) is 22.5 Å². The molecule has 0 spiro atoms. The first-order chi connectivity index (χ1) is 20.0. The Bertz CT molecular complexity index is 1610. The van der Waals surface area contributed by atoms with Crippen LogP contribution in [0.15, 0.2) is 118 Å². The Balaban J connectivity index is 1.28. The number of thioether (sulfide) groups is 1.